The monoisotopic (exact) mass is 648 g/mol. The number of carbonyl (C=O) groups is 2. The Balaban J connectivity index is 0.000000562. The number of aromatic nitrogens is 1. The summed E-state index contributed by atoms with van der Waals surface area (Å²) in [5, 5.41) is 5.88. The molecule has 0 spiro atoms. The van der Waals surface area contributed by atoms with Crippen LogP contribution in [0.5, 0.6) is 0 Å². The van der Waals surface area contributed by atoms with Crippen LogP contribution in [0.1, 0.15) is 64.9 Å². The molecule has 1 aromatic heterocycles. The van der Waals surface area contributed by atoms with E-state index in [9.17, 15) is 9.59 Å². The van der Waals surface area contributed by atoms with Gasteiger partial charge in [-0.05, 0) is 75.0 Å². The van der Waals surface area contributed by atoms with Crippen LogP contribution in [0, 0.1) is 26.7 Å². The average molecular weight is 649 g/mol. The van der Waals surface area contributed by atoms with Crippen LogP contribution in [0.25, 0.3) is 0 Å². The average Bonchev–Trinajstić information content (AvgIpc) is 3.12. The van der Waals surface area contributed by atoms with Crippen molar-refractivity contribution in [2.24, 2.45) is 0 Å². The molecule has 0 aliphatic heterocycles. The number of amides is 2. The first-order valence-electron chi connectivity index (χ1n) is 16.1. The number of pyridine rings is 1. The third-order valence-electron chi connectivity index (χ3n) is 7.03. The molecule has 1 unspecified atom stereocenters. The molecule has 7 heteroatoms. The zero-order valence-electron chi connectivity index (χ0n) is 29.2. The Kier molecular flexibility index (Phi) is 21.2. The number of hydrogen-bond donors (Lipinski definition) is 2. The van der Waals surface area contributed by atoms with Crippen LogP contribution in [-0.4, -0.2) is 41.5 Å². The van der Waals surface area contributed by atoms with Gasteiger partial charge in [-0.15, -0.1) is 19.4 Å². The van der Waals surface area contributed by atoms with E-state index < -0.39 is 6.09 Å². The van der Waals surface area contributed by atoms with Gasteiger partial charge in [-0.1, -0.05) is 96.9 Å². The first kappa shape index (κ1) is 40.8. The standard InChI is InChI=1S/C27H33N3O.C9H11NO2.C3H6.C2H2/c1-4-26(14-16-29-19-24-9-6-15-28-18-24)30(20-23-8-5-7-22(3)17-23)27(31)25-12-10-21(2)11-13-25;1-10-9(11)12-7-8-5-3-2-4-6-8;1-3-2;1-2/h5-13,15,17-18,26,29H,4,14,16,19-20H2,1-3H3;2-6H,7H2,1H3,(H,10,11);3H,1H2,2H3;1-2H. The summed E-state index contributed by atoms with van der Waals surface area (Å²) >= 11 is 0. The molecule has 7 nitrogen and oxygen atoms in total. The van der Waals surface area contributed by atoms with Crippen molar-refractivity contribution >= 4 is 12.0 Å². The summed E-state index contributed by atoms with van der Waals surface area (Å²) < 4.78 is 4.83. The Morgan fingerprint density at radius 1 is 0.917 bits per heavy atom. The van der Waals surface area contributed by atoms with Crippen molar-refractivity contribution in [1.82, 2.24) is 20.5 Å². The summed E-state index contributed by atoms with van der Waals surface area (Å²) in [7, 11) is 1.54. The number of ether oxygens (including phenoxy) is 1. The van der Waals surface area contributed by atoms with Gasteiger partial charge in [-0.3, -0.25) is 9.78 Å². The zero-order chi connectivity index (χ0) is 35.6. The highest BCUT2D eigenvalue weighted by atomic mass is 16.5. The highest BCUT2D eigenvalue weighted by molar-refractivity contribution is 5.94. The molecule has 0 radical (unpaired) electrons. The summed E-state index contributed by atoms with van der Waals surface area (Å²) in [5.74, 6) is 0.0978. The molecule has 0 bridgehead atoms. The molecule has 1 heterocycles. The quantitative estimate of drug-likeness (QED) is 0.0918. The van der Waals surface area contributed by atoms with Crippen molar-refractivity contribution in [2.45, 2.75) is 66.3 Å². The molecule has 3 aromatic carbocycles. The Labute approximate surface area is 288 Å². The smallest absolute Gasteiger partial charge is 0.407 e. The normalized spacial score (nSPS) is 10.2. The maximum Gasteiger partial charge on any atom is 0.407 e. The van der Waals surface area contributed by atoms with Crippen LogP contribution >= 0.6 is 0 Å². The number of rotatable bonds is 12. The molecular formula is C41H52N4O3. The number of carbonyl (C=O) groups excluding carboxylic acids is 2. The van der Waals surface area contributed by atoms with Gasteiger partial charge < -0.3 is 20.3 Å². The van der Waals surface area contributed by atoms with Crippen molar-refractivity contribution in [3.63, 3.8) is 0 Å². The molecule has 0 fully saturated rings. The number of benzene rings is 3. The van der Waals surface area contributed by atoms with Crippen LogP contribution in [-0.2, 0) is 24.4 Å². The second-order valence-electron chi connectivity index (χ2n) is 10.9. The Morgan fingerprint density at radius 2 is 1.56 bits per heavy atom. The fourth-order valence-corrected chi connectivity index (χ4v) is 4.62. The van der Waals surface area contributed by atoms with Gasteiger partial charge in [0.05, 0.1) is 0 Å². The number of nitrogens with zero attached hydrogens (tertiary/aromatic N) is 2. The van der Waals surface area contributed by atoms with Crippen LogP contribution in [0.2, 0.25) is 0 Å². The van der Waals surface area contributed by atoms with Crippen molar-refractivity contribution in [3.05, 3.63) is 149 Å². The second-order valence-corrected chi connectivity index (χ2v) is 10.9. The lowest BCUT2D eigenvalue weighted by atomic mass is 10.0. The van der Waals surface area contributed by atoms with Gasteiger partial charge in [0.25, 0.3) is 5.91 Å². The van der Waals surface area contributed by atoms with Crippen molar-refractivity contribution in [3.8, 4) is 12.8 Å². The zero-order valence-corrected chi connectivity index (χ0v) is 29.2. The van der Waals surface area contributed by atoms with E-state index in [1.165, 1.54) is 23.7 Å². The fraction of sp³-hybridized carbons (Fsp3) is 0.293. The summed E-state index contributed by atoms with van der Waals surface area (Å²) in [6, 6.07) is 30.1. The highest BCUT2D eigenvalue weighted by Crippen LogP contribution is 2.19. The van der Waals surface area contributed by atoms with Gasteiger partial charge in [0.2, 0.25) is 0 Å². The van der Waals surface area contributed by atoms with Crippen molar-refractivity contribution < 1.29 is 14.3 Å². The van der Waals surface area contributed by atoms with Crippen molar-refractivity contribution in [1.29, 1.82) is 0 Å². The van der Waals surface area contributed by atoms with Crippen LogP contribution in [0.3, 0.4) is 0 Å². The molecule has 4 rings (SSSR count). The van der Waals surface area contributed by atoms with E-state index in [0.29, 0.717) is 13.2 Å². The van der Waals surface area contributed by atoms with E-state index in [0.717, 1.165) is 42.6 Å². The fourth-order valence-electron chi connectivity index (χ4n) is 4.62. The van der Waals surface area contributed by atoms with E-state index in [2.05, 4.69) is 79.2 Å². The minimum atomic E-state index is -0.404. The molecule has 2 amide bonds. The number of alkyl carbamates (subject to hydrolysis) is 1. The number of nitrogens with one attached hydrogen (secondary N) is 2. The number of aryl methyl sites for hydroxylation is 2. The SMILES string of the molecule is C#C.C=CC.CCC(CCNCc1cccnc1)N(Cc1cccc(C)c1)C(=O)c1ccc(C)cc1.CNC(=O)OCc1ccccc1. The molecule has 0 aliphatic carbocycles. The third-order valence-corrected chi connectivity index (χ3v) is 7.03. The Hall–Kier alpha value is -5.19. The van der Waals surface area contributed by atoms with E-state index >= 15 is 0 Å². The Bertz CT molecular complexity index is 1470. The Morgan fingerprint density at radius 3 is 2.15 bits per heavy atom. The highest BCUT2D eigenvalue weighted by Gasteiger charge is 2.23. The third kappa shape index (κ3) is 16.4. The van der Waals surface area contributed by atoms with Gasteiger partial charge in [0, 0.05) is 44.1 Å². The minimum absolute atomic E-state index is 0.0978. The van der Waals surface area contributed by atoms with Gasteiger partial charge in [0.15, 0.2) is 0 Å². The van der Waals surface area contributed by atoms with Crippen LogP contribution in [0.15, 0.2) is 116 Å². The van der Waals surface area contributed by atoms with Crippen molar-refractivity contribution in [2.75, 3.05) is 13.6 Å². The summed E-state index contributed by atoms with van der Waals surface area (Å²) in [6.45, 7) is 14.1. The van der Waals surface area contributed by atoms with Gasteiger partial charge >= 0.3 is 6.09 Å². The summed E-state index contributed by atoms with van der Waals surface area (Å²) in [5.41, 5.74) is 6.45. The summed E-state index contributed by atoms with van der Waals surface area (Å²) in [6.07, 6.45) is 14.8. The van der Waals surface area contributed by atoms with E-state index in [1.54, 1.807) is 12.3 Å². The lowest BCUT2D eigenvalue weighted by Crippen LogP contribution is -2.41. The first-order chi connectivity index (χ1) is 23.3. The maximum atomic E-state index is 13.5. The molecule has 0 saturated carbocycles. The largest absolute Gasteiger partial charge is 0.445 e. The predicted molar refractivity (Wildman–Crippen MR) is 198 cm³/mol. The molecular weight excluding hydrogens is 596 g/mol. The van der Waals surface area contributed by atoms with Gasteiger partial charge in [-0.2, -0.15) is 0 Å². The number of hydrogen-bond acceptors (Lipinski definition) is 5. The molecule has 254 valence electrons. The number of terminal acetylenes is 1. The molecule has 0 saturated heterocycles. The molecule has 1 atom stereocenters. The maximum absolute atomic E-state index is 13.5. The van der Waals surface area contributed by atoms with E-state index in [-0.39, 0.29) is 11.9 Å². The van der Waals surface area contributed by atoms with Gasteiger partial charge in [-0.25, -0.2) is 4.79 Å². The second kappa shape index (κ2) is 25.0. The lowest BCUT2D eigenvalue weighted by Gasteiger charge is -2.32. The lowest BCUT2D eigenvalue weighted by molar-refractivity contribution is 0.0644. The van der Waals surface area contributed by atoms with Gasteiger partial charge in [0.1, 0.15) is 6.61 Å². The molecule has 2 N–H and O–H groups in total. The first-order valence-corrected chi connectivity index (χ1v) is 16.1. The van der Waals surface area contributed by atoms with E-state index in [1.807, 2.05) is 85.6 Å². The van der Waals surface area contributed by atoms with Crippen LogP contribution < -0.4 is 10.6 Å². The number of allylic oxidation sites excluding steroid dienone is 1. The summed E-state index contributed by atoms with van der Waals surface area (Å²) in [4.78, 5) is 30.4. The molecule has 0 aliphatic rings. The minimum Gasteiger partial charge on any atom is -0.445 e. The predicted octanol–water partition coefficient (Wildman–Crippen LogP) is 8.28. The van der Waals surface area contributed by atoms with Crippen LogP contribution in [0.4, 0.5) is 4.79 Å². The van der Waals surface area contributed by atoms with E-state index in [4.69, 9.17) is 4.74 Å². The molecule has 4 aromatic rings. The topological polar surface area (TPSA) is 83.6 Å². The molecule has 48 heavy (non-hydrogen) atoms.